The van der Waals surface area contributed by atoms with Crippen LogP contribution in [0.25, 0.3) is 0 Å². The van der Waals surface area contributed by atoms with Gasteiger partial charge in [0.1, 0.15) is 0 Å². The number of aliphatic hydroxyl groups excluding tert-OH is 1. The highest BCUT2D eigenvalue weighted by molar-refractivity contribution is 4.86. The van der Waals surface area contributed by atoms with Gasteiger partial charge >= 0.3 is 0 Å². The second-order valence-electron chi connectivity index (χ2n) is 4.79. The van der Waals surface area contributed by atoms with Crippen LogP contribution in [-0.2, 0) is 0 Å². The summed E-state index contributed by atoms with van der Waals surface area (Å²) in [5, 5.41) is 9.91. The molecular weight excluding hydrogens is 176 g/mol. The summed E-state index contributed by atoms with van der Waals surface area (Å²) in [5.41, 5.74) is 5.87. The first-order valence-electron chi connectivity index (χ1n) is 5.95. The molecule has 0 unspecified atom stereocenters. The number of hydrogen-bond acceptors (Lipinski definition) is 3. The lowest BCUT2D eigenvalue weighted by atomic mass is 9.90. The van der Waals surface area contributed by atoms with Crippen LogP contribution in [0.4, 0.5) is 0 Å². The Balaban J connectivity index is 1.87. The first-order valence-corrected chi connectivity index (χ1v) is 5.95. The highest BCUT2D eigenvalue weighted by Crippen LogP contribution is 2.25. The number of hydrogen-bond donors (Lipinski definition) is 2. The van der Waals surface area contributed by atoms with E-state index in [1.54, 1.807) is 0 Å². The minimum atomic E-state index is -0.0851. The quantitative estimate of drug-likeness (QED) is 0.652. The van der Waals surface area contributed by atoms with Gasteiger partial charge in [-0.05, 0) is 25.7 Å². The van der Waals surface area contributed by atoms with Crippen molar-refractivity contribution in [2.45, 2.75) is 56.7 Å². The molecule has 2 rings (SSSR count). The van der Waals surface area contributed by atoms with Crippen molar-refractivity contribution in [1.29, 1.82) is 0 Å². The van der Waals surface area contributed by atoms with E-state index in [2.05, 4.69) is 4.90 Å². The molecule has 1 heterocycles. The van der Waals surface area contributed by atoms with Crippen molar-refractivity contribution in [1.82, 2.24) is 4.90 Å². The van der Waals surface area contributed by atoms with E-state index in [1.807, 2.05) is 0 Å². The maximum Gasteiger partial charge on any atom is 0.0695 e. The summed E-state index contributed by atoms with van der Waals surface area (Å²) < 4.78 is 0. The predicted octanol–water partition coefficient (Wildman–Crippen LogP) is 0.713. The fraction of sp³-hybridized carbons (Fsp3) is 1.00. The van der Waals surface area contributed by atoms with Gasteiger partial charge in [-0.25, -0.2) is 0 Å². The second-order valence-corrected chi connectivity index (χ2v) is 4.79. The molecule has 0 aromatic rings. The Morgan fingerprint density at radius 2 is 1.64 bits per heavy atom. The highest BCUT2D eigenvalue weighted by atomic mass is 16.3. The fourth-order valence-corrected chi connectivity index (χ4v) is 2.77. The van der Waals surface area contributed by atoms with E-state index in [4.69, 9.17) is 5.73 Å². The van der Waals surface area contributed by atoms with Gasteiger partial charge in [0.2, 0.25) is 0 Å². The standard InChI is InChI=1S/C11H22N2O/c12-9-5-7-13(8-6-9)10-3-1-2-4-11(10)14/h9-11,14H,1-8,12H2/t10-,11-/m1/s1. The summed E-state index contributed by atoms with van der Waals surface area (Å²) >= 11 is 0. The molecule has 0 radical (unpaired) electrons. The molecule has 1 aliphatic carbocycles. The van der Waals surface area contributed by atoms with Gasteiger partial charge in [0.05, 0.1) is 6.10 Å². The Bertz CT molecular complexity index is 178. The first kappa shape index (κ1) is 10.4. The van der Waals surface area contributed by atoms with Crippen molar-refractivity contribution in [2.24, 2.45) is 5.73 Å². The average Bonchev–Trinajstić information content (AvgIpc) is 2.20. The third-order valence-electron chi connectivity index (χ3n) is 3.74. The Kier molecular flexibility index (Phi) is 3.42. The maximum absolute atomic E-state index is 9.91. The van der Waals surface area contributed by atoms with E-state index in [0.717, 1.165) is 32.4 Å². The maximum atomic E-state index is 9.91. The zero-order valence-corrected chi connectivity index (χ0v) is 8.86. The molecular formula is C11H22N2O. The van der Waals surface area contributed by atoms with Gasteiger partial charge < -0.3 is 10.8 Å². The Morgan fingerprint density at radius 1 is 1.00 bits per heavy atom. The van der Waals surface area contributed by atoms with Crippen LogP contribution in [0.1, 0.15) is 38.5 Å². The third kappa shape index (κ3) is 2.27. The number of piperidine rings is 1. The van der Waals surface area contributed by atoms with Gasteiger partial charge in [-0.3, -0.25) is 4.90 Å². The molecule has 3 N–H and O–H groups in total. The topological polar surface area (TPSA) is 49.5 Å². The number of rotatable bonds is 1. The molecule has 0 spiro atoms. The lowest BCUT2D eigenvalue weighted by Gasteiger charge is -2.40. The van der Waals surface area contributed by atoms with Gasteiger partial charge in [0.25, 0.3) is 0 Å². The highest BCUT2D eigenvalue weighted by Gasteiger charge is 2.30. The van der Waals surface area contributed by atoms with Crippen LogP contribution in [0.2, 0.25) is 0 Å². The SMILES string of the molecule is NC1CCN([C@@H]2CCCC[C@H]2O)CC1. The molecule has 2 atom stereocenters. The van der Waals surface area contributed by atoms with Crippen LogP contribution < -0.4 is 5.73 Å². The number of nitrogens with two attached hydrogens (primary N) is 1. The normalized spacial score (nSPS) is 37.3. The van der Waals surface area contributed by atoms with E-state index in [9.17, 15) is 5.11 Å². The zero-order chi connectivity index (χ0) is 9.97. The van der Waals surface area contributed by atoms with Crippen LogP contribution in [0, 0.1) is 0 Å². The molecule has 3 heteroatoms. The van der Waals surface area contributed by atoms with Crippen LogP contribution in [0.3, 0.4) is 0 Å². The van der Waals surface area contributed by atoms with E-state index >= 15 is 0 Å². The number of aliphatic hydroxyl groups is 1. The predicted molar refractivity (Wildman–Crippen MR) is 57.0 cm³/mol. The third-order valence-corrected chi connectivity index (χ3v) is 3.74. The van der Waals surface area contributed by atoms with Crippen LogP contribution in [0.15, 0.2) is 0 Å². The van der Waals surface area contributed by atoms with Crippen molar-refractivity contribution in [3.05, 3.63) is 0 Å². The molecule has 2 aliphatic rings. The minimum absolute atomic E-state index is 0.0851. The van der Waals surface area contributed by atoms with Crippen LogP contribution >= 0.6 is 0 Å². The summed E-state index contributed by atoms with van der Waals surface area (Å²) in [5.74, 6) is 0. The van der Waals surface area contributed by atoms with E-state index < -0.39 is 0 Å². The first-order chi connectivity index (χ1) is 6.77. The van der Waals surface area contributed by atoms with Crippen LogP contribution in [-0.4, -0.2) is 41.3 Å². The summed E-state index contributed by atoms with van der Waals surface area (Å²) in [6, 6.07) is 0.822. The fourth-order valence-electron chi connectivity index (χ4n) is 2.77. The summed E-state index contributed by atoms with van der Waals surface area (Å²) in [6.07, 6.45) is 6.77. The summed E-state index contributed by atoms with van der Waals surface area (Å²) in [6.45, 7) is 2.17. The Hall–Kier alpha value is -0.120. The number of likely N-dealkylation sites (tertiary alicyclic amines) is 1. The molecule has 0 bridgehead atoms. The number of nitrogens with zero attached hydrogens (tertiary/aromatic N) is 1. The molecule has 1 aliphatic heterocycles. The van der Waals surface area contributed by atoms with E-state index in [1.165, 1.54) is 19.3 Å². The van der Waals surface area contributed by atoms with Gasteiger partial charge in [-0.2, -0.15) is 0 Å². The van der Waals surface area contributed by atoms with Crippen molar-refractivity contribution in [3.63, 3.8) is 0 Å². The van der Waals surface area contributed by atoms with Crippen molar-refractivity contribution >= 4 is 0 Å². The van der Waals surface area contributed by atoms with E-state index in [0.29, 0.717) is 12.1 Å². The molecule has 3 nitrogen and oxygen atoms in total. The Morgan fingerprint density at radius 3 is 2.29 bits per heavy atom. The molecule has 1 saturated heterocycles. The second kappa shape index (κ2) is 4.60. The molecule has 14 heavy (non-hydrogen) atoms. The van der Waals surface area contributed by atoms with Gasteiger partial charge in [-0.1, -0.05) is 12.8 Å². The van der Waals surface area contributed by atoms with Crippen molar-refractivity contribution in [2.75, 3.05) is 13.1 Å². The smallest absolute Gasteiger partial charge is 0.0695 e. The molecule has 82 valence electrons. The van der Waals surface area contributed by atoms with Gasteiger partial charge in [-0.15, -0.1) is 0 Å². The van der Waals surface area contributed by atoms with Gasteiger partial charge in [0.15, 0.2) is 0 Å². The molecule has 0 aromatic heterocycles. The molecule has 0 amide bonds. The lowest BCUT2D eigenvalue weighted by molar-refractivity contribution is 0.00907. The summed E-state index contributed by atoms with van der Waals surface area (Å²) in [4.78, 5) is 2.45. The average molecular weight is 198 g/mol. The van der Waals surface area contributed by atoms with Gasteiger partial charge in [0, 0.05) is 25.2 Å². The molecule has 1 saturated carbocycles. The van der Waals surface area contributed by atoms with Crippen molar-refractivity contribution in [3.8, 4) is 0 Å². The Labute approximate surface area is 86.3 Å². The monoisotopic (exact) mass is 198 g/mol. The summed E-state index contributed by atoms with van der Waals surface area (Å²) in [7, 11) is 0. The van der Waals surface area contributed by atoms with Crippen molar-refractivity contribution < 1.29 is 5.11 Å². The minimum Gasteiger partial charge on any atom is -0.391 e. The lowest BCUT2D eigenvalue weighted by Crippen LogP contribution is -2.50. The van der Waals surface area contributed by atoms with E-state index in [-0.39, 0.29) is 6.10 Å². The zero-order valence-electron chi connectivity index (χ0n) is 8.86. The van der Waals surface area contributed by atoms with Crippen LogP contribution in [0.5, 0.6) is 0 Å². The largest absolute Gasteiger partial charge is 0.391 e. The molecule has 2 fully saturated rings. The molecule has 0 aromatic carbocycles.